The van der Waals surface area contributed by atoms with Gasteiger partial charge in [0.05, 0.1) is 5.69 Å². The van der Waals surface area contributed by atoms with Crippen LogP contribution in [-0.2, 0) is 6.54 Å². The Morgan fingerprint density at radius 2 is 1.67 bits per heavy atom. The van der Waals surface area contributed by atoms with Crippen LogP contribution in [0.15, 0.2) is 59.1 Å². The molecular formula is C20H20N4O3. The van der Waals surface area contributed by atoms with Crippen LogP contribution in [0.25, 0.3) is 0 Å². The summed E-state index contributed by atoms with van der Waals surface area (Å²) >= 11 is 0. The maximum Gasteiger partial charge on any atom is 0.323 e. The molecule has 3 N–H and O–H groups in total. The molecular weight excluding hydrogens is 344 g/mol. The number of rotatable bonds is 5. The predicted molar refractivity (Wildman–Crippen MR) is 103 cm³/mol. The first kappa shape index (κ1) is 18.2. The molecule has 0 bridgehead atoms. The van der Waals surface area contributed by atoms with E-state index in [2.05, 4.69) is 21.1 Å². The first-order valence-corrected chi connectivity index (χ1v) is 8.45. The quantitative estimate of drug-likeness (QED) is 0.640. The summed E-state index contributed by atoms with van der Waals surface area (Å²) in [6, 6.07) is 16.0. The van der Waals surface area contributed by atoms with E-state index in [1.165, 1.54) is 0 Å². The van der Waals surface area contributed by atoms with E-state index >= 15 is 0 Å². The van der Waals surface area contributed by atoms with Crippen molar-refractivity contribution in [3.63, 3.8) is 0 Å². The lowest BCUT2D eigenvalue weighted by atomic mass is 10.2. The van der Waals surface area contributed by atoms with Gasteiger partial charge in [-0.3, -0.25) is 4.79 Å². The molecule has 3 amide bonds. The number of anilines is 2. The van der Waals surface area contributed by atoms with Crippen LogP contribution in [0, 0.1) is 13.8 Å². The number of carbonyl (C=O) groups excluding carboxylic acids is 2. The summed E-state index contributed by atoms with van der Waals surface area (Å²) in [5, 5.41) is 12.0. The van der Waals surface area contributed by atoms with Crippen LogP contribution in [0.2, 0.25) is 0 Å². The third-order valence-corrected chi connectivity index (χ3v) is 3.77. The second-order valence-corrected chi connectivity index (χ2v) is 6.16. The van der Waals surface area contributed by atoms with Crippen LogP contribution in [0.4, 0.5) is 16.2 Å². The first-order valence-electron chi connectivity index (χ1n) is 8.45. The lowest BCUT2D eigenvalue weighted by Gasteiger charge is -2.10. The van der Waals surface area contributed by atoms with Crippen LogP contribution in [0.1, 0.15) is 27.4 Å². The molecule has 0 fully saturated rings. The molecule has 1 heterocycles. The fourth-order valence-corrected chi connectivity index (χ4v) is 2.52. The molecule has 0 saturated heterocycles. The molecule has 0 saturated carbocycles. The molecule has 1 aromatic heterocycles. The highest BCUT2D eigenvalue weighted by molar-refractivity contribution is 5.99. The van der Waals surface area contributed by atoms with Crippen LogP contribution >= 0.6 is 0 Å². The van der Waals surface area contributed by atoms with E-state index in [-0.39, 0.29) is 17.7 Å². The molecule has 0 unspecified atom stereocenters. The molecule has 0 aliphatic rings. The molecule has 7 heteroatoms. The zero-order chi connectivity index (χ0) is 19.2. The fraction of sp³-hybridized carbons (Fsp3) is 0.150. The minimum atomic E-state index is -0.342. The Bertz CT molecular complexity index is 965. The molecule has 0 aliphatic heterocycles. The van der Waals surface area contributed by atoms with Gasteiger partial charge < -0.3 is 20.5 Å². The van der Waals surface area contributed by atoms with E-state index in [9.17, 15) is 9.59 Å². The number of benzene rings is 2. The van der Waals surface area contributed by atoms with Crippen molar-refractivity contribution in [3.05, 3.63) is 77.2 Å². The highest BCUT2D eigenvalue weighted by Crippen LogP contribution is 2.13. The standard InChI is InChI=1S/C20H20N4O3/c1-13-5-3-7-16(9-13)22-20(26)23-17-8-4-6-15(11-17)12-21-19(25)18-10-14(2)24-27-18/h3-11H,12H2,1-2H3,(H,21,25)(H2,22,23,26). The minimum absolute atomic E-state index is 0.166. The SMILES string of the molecule is Cc1cccc(NC(=O)Nc2cccc(CNC(=O)c3cc(C)no3)c2)c1. The topological polar surface area (TPSA) is 96.3 Å². The smallest absolute Gasteiger partial charge is 0.323 e. The molecule has 3 aromatic rings. The number of hydrogen-bond acceptors (Lipinski definition) is 4. The third-order valence-electron chi connectivity index (χ3n) is 3.77. The zero-order valence-electron chi connectivity index (χ0n) is 15.1. The second-order valence-electron chi connectivity index (χ2n) is 6.16. The van der Waals surface area contributed by atoms with E-state index in [0.717, 1.165) is 16.8 Å². The van der Waals surface area contributed by atoms with Crippen molar-refractivity contribution in [2.24, 2.45) is 0 Å². The van der Waals surface area contributed by atoms with Crippen molar-refractivity contribution >= 4 is 23.3 Å². The molecule has 138 valence electrons. The largest absolute Gasteiger partial charge is 0.351 e. The van der Waals surface area contributed by atoms with Crippen LogP contribution in [0.3, 0.4) is 0 Å². The average molecular weight is 364 g/mol. The number of hydrogen-bond donors (Lipinski definition) is 3. The summed E-state index contributed by atoms with van der Waals surface area (Å²) < 4.78 is 4.93. The monoisotopic (exact) mass is 364 g/mol. The normalized spacial score (nSPS) is 10.3. The van der Waals surface area contributed by atoms with Crippen LogP contribution in [0.5, 0.6) is 0 Å². The molecule has 3 rings (SSSR count). The van der Waals surface area contributed by atoms with Gasteiger partial charge in [0.2, 0.25) is 5.76 Å². The van der Waals surface area contributed by atoms with E-state index < -0.39 is 0 Å². The molecule has 7 nitrogen and oxygen atoms in total. The number of aromatic nitrogens is 1. The molecule has 27 heavy (non-hydrogen) atoms. The maximum atomic E-state index is 12.1. The first-order chi connectivity index (χ1) is 13.0. The van der Waals surface area contributed by atoms with Gasteiger partial charge in [-0.15, -0.1) is 0 Å². The Morgan fingerprint density at radius 3 is 2.33 bits per heavy atom. The van der Waals surface area contributed by atoms with Gasteiger partial charge in [-0.1, -0.05) is 29.4 Å². The Labute approximate surface area is 156 Å². The van der Waals surface area contributed by atoms with E-state index in [1.807, 2.05) is 43.3 Å². The molecule has 0 spiro atoms. The van der Waals surface area contributed by atoms with Gasteiger partial charge in [-0.2, -0.15) is 0 Å². The fourth-order valence-electron chi connectivity index (χ4n) is 2.52. The molecule has 0 atom stereocenters. The number of aryl methyl sites for hydroxylation is 2. The van der Waals surface area contributed by atoms with E-state index in [0.29, 0.717) is 17.9 Å². The van der Waals surface area contributed by atoms with Gasteiger partial charge in [0.1, 0.15) is 0 Å². The number of amides is 3. The van der Waals surface area contributed by atoms with Gasteiger partial charge >= 0.3 is 6.03 Å². The van der Waals surface area contributed by atoms with Crippen molar-refractivity contribution in [3.8, 4) is 0 Å². The highest BCUT2D eigenvalue weighted by atomic mass is 16.5. The summed E-state index contributed by atoms with van der Waals surface area (Å²) in [5.74, 6) is -0.175. The van der Waals surface area contributed by atoms with Gasteiger partial charge in [0.25, 0.3) is 5.91 Å². The predicted octanol–water partition coefficient (Wildman–Crippen LogP) is 3.87. The van der Waals surface area contributed by atoms with E-state index in [4.69, 9.17) is 4.52 Å². The second kappa shape index (κ2) is 8.18. The van der Waals surface area contributed by atoms with Gasteiger partial charge in [-0.25, -0.2) is 4.79 Å². The van der Waals surface area contributed by atoms with Gasteiger partial charge in [0.15, 0.2) is 0 Å². The summed E-state index contributed by atoms with van der Waals surface area (Å²) in [4.78, 5) is 24.1. The summed E-state index contributed by atoms with van der Waals surface area (Å²) in [6.07, 6.45) is 0. The molecule has 0 aliphatic carbocycles. The molecule has 0 radical (unpaired) electrons. The van der Waals surface area contributed by atoms with Gasteiger partial charge in [-0.05, 0) is 49.2 Å². The number of carbonyl (C=O) groups is 2. The van der Waals surface area contributed by atoms with Crippen molar-refractivity contribution in [1.29, 1.82) is 0 Å². The lowest BCUT2D eigenvalue weighted by Crippen LogP contribution is -2.22. The number of nitrogens with one attached hydrogen (secondary N) is 3. The maximum absolute atomic E-state index is 12.1. The van der Waals surface area contributed by atoms with E-state index in [1.54, 1.807) is 25.1 Å². The number of nitrogens with zero attached hydrogens (tertiary/aromatic N) is 1. The Kier molecular flexibility index (Phi) is 5.51. The van der Waals surface area contributed by atoms with Crippen LogP contribution in [-0.4, -0.2) is 17.1 Å². The Morgan fingerprint density at radius 1 is 0.963 bits per heavy atom. The summed E-state index contributed by atoms with van der Waals surface area (Å²) in [5.41, 5.74) is 3.90. The Hall–Kier alpha value is -3.61. The zero-order valence-corrected chi connectivity index (χ0v) is 15.1. The number of urea groups is 1. The average Bonchev–Trinajstić information content (AvgIpc) is 3.06. The highest BCUT2D eigenvalue weighted by Gasteiger charge is 2.11. The van der Waals surface area contributed by atoms with Crippen LogP contribution < -0.4 is 16.0 Å². The van der Waals surface area contributed by atoms with Crippen molar-refractivity contribution in [2.75, 3.05) is 10.6 Å². The third kappa shape index (κ3) is 5.18. The summed E-state index contributed by atoms with van der Waals surface area (Å²) in [7, 11) is 0. The van der Waals surface area contributed by atoms with Crippen molar-refractivity contribution in [1.82, 2.24) is 10.5 Å². The lowest BCUT2D eigenvalue weighted by molar-refractivity contribution is 0.0914. The van der Waals surface area contributed by atoms with Gasteiger partial charge in [0, 0.05) is 24.0 Å². The molecule has 2 aromatic carbocycles. The minimum Gasteiger partial charge on any atom is -0.351 e. The van der Waals surface area contributed by atoms with Crippen molar-refractivity contribution < 1.29 is 14.1 Å². The van der Waals surface area contributed by atoms with Crippen molar-refractivity contribution in [2.45, 2.75) is 20.4 Å². The summed E-state index contributed by atoms with van der Waals surface area (Å²) in [6.45, 7) is 4.01. The Balaban J connectivity index is 1.56.